The lowest BCUT2D eigenvalue weighted by molar-refractivity contribution is 0.0734. The zero-order valence-corrected chi connectivity index (χ0v) is 17.2. The van der Waals surface area contributed by atoms with Crippen LogP contribution in [-0.2, 0) is 6.42 Å². The van der Waals surface area contributed by atoms with Gasteiger partial charge in [-0.05, 0) is 73.4 Å². The summed E-state index contributed by atoms with van der Waals surface area (Å²) in [6, 6.07) is 10.2. The molecule has 0 spiro atoms. The van der Waals surface area contributed by atoms with Gasteiger partial charge in [0.25, 0.3) is 5.91 Å². The molecule has 140 valence electrons. The van der Waals surface area contributed by atoms with E-state index in [1.165, 1.54) is 18.4 Å². The Morgan fingerprint density at radius 1 is 1.31 bits per heavy atom. The molecule has 0 radical (unpaired) electrons. The molecule has 1 fully saturated rings. The Bertz CT molecular complexity index is 728. The van der Waals surface area contributed by atoms with Crippen molar-refractivity contribution in [2.45, 2.75) is 26.2 Å². The van der Waals surface area contributed by atoms with Crippen LogP contribution in [-0.4, -0.2) is 48.9 Å². The number of benzene rings is 1. The molecular weight excluding hydrogens is 364 g/mol. The first-order chi connectivity index (χ1) is 12.5. The smallest absolute Gasteiger partial charge is 0.263 e. The number of nitrogens with zero attached hydrogens (tertiary/aromatic N) is 2. The topological polar surface area (TPSA) is 23.6 Å². The molecule has 3 rings (SSSR count). The lowest BCUT2D eigenvalue weighted by Crippen LogP contribution is -2.42. The van der Waals surface area contributed by atoms with E-state index in [0.717, 1.165) is 48.1 Å². The van der Waals surface area contributed by atoms with Crippen LogP contribution in [0.15, 0.2) is 35.7 Å². The number of hydrogen-bond acceptors (Lipinski definition) is 3. The third-order valence-corrected chi connectivity index (χ3v) is 6.42. The molecule has 1 aliphatic rings. The van der Waals surface area contributed by atoms with Gasteiger partial charge < -0.3 is 9.80 Å². The number of piperidine rings is 1. The van der Waals surface area contributed by atoms with E-state index in [4.69, 9.17) is 11.6 Å². The minimum atomic E-state index is 0.163. The third-order valence-electron chi connectivity index (χ3n) is 5.17. The average molecular weight is 391 g/mol. The van der Waals surface area contributed by atoms with E-state index < -0.39 is 0 Å². The van der Waals surface area contributed by atoms with Gasteiger partial charge >= 0.3 is 0 Å². The summed E-state index contributed by atoms with van der Waals surface area (Å²) in [5.74, 6) is 0.721. The van der Waals surface area contributed by atoms with Gasteiger partial charge in [0.1, 0.15) is 0 Å². The molecule has 0 N–H and O–H groups in total. The first-order valence-electron chi connectivity index (χ1n) is 9.29. The molecule has 0 bridgehead atoms. The Hall–Kier alpha value is -1.36. The van der Waals surface area contributed by atoms with Gasteiger partial charge in [-0.3, -0.25) is 4.79 Å². The van der Waals surface area contributed by atoms with Crippen LogP contribution in [0.1, 0.15) is 33.6 Å². The average Bonchev–Trinajstić information content (AvgIpc) is 3.07. The molecular formula is C21H27ClN2OS. The maximum Gasteiger partial charge on any atom is 0.263 e. The number of carbonyl (C=O) groups excluding carboxylic acids is 1. The number of thiophene rings is 1. The molecule has 0 aliphatic carbocycles. The molecule has 1 amide bonds. The van der Waals surface area contributed by atoms with Crippen LogP contribution in [0.3, 0.4) is 0 Å². The van der Waals surface area contributed by atoms with Crippen LogP contribution in [0.4, 0.5) is 0 Å². The SMILES string of the molecule is Cc1ccsc1C(=O)N(C)C[C@@H]1CCCN(CCc2ccc(Cl)cc2)C1. The van der Waals surface area contributed by atoms with Crippen LogP contribution in [0, 0.1) is 12.8 Å². The van der Waals surface area contributed by atoms with Gasteiger partial charge in [0.05, 0.1) is 4.88 Å². The van der Waals surface area contributed by atoms with Gasteiger partial charge in [0, 0.05) is 31.7 Å². The summed E-state index contributed by atoms with van der Waals surface area (Å²) in [5.41, 5.74) is 2.41. The monoisotopic (exact) mass is 390 g/mol. The molecule has 1 saturated heterocycles. The Balaban J connectivity index is 1.49. The fraction of sp³-hybridized carbons (Fsp3) is 0.476. The Kier molecular flexibility index (Phi) is 6.74. The second-order valence-electron chi connectivity index (χ2n) is 7.30. The van der Waals surface area contributed by atoms with Crippen LogP contribution in [0.2, 0.25) is 5.02 Å². The normalized spacial score (nSPS) is 18.0. The van der Waals surface area contributed by atoms with E-state index in [0.29, 0.717) is 5.92 Å². The van der Waals surface area contributed by atoms with Crippen molar-refractivity contribution < 1.29 is 4.79 Å². The summed E-state index contributed by atoms with van der Waals surface area (Å²) in [6.07, 6.45) is 3.47. The third kappa shape index (κ3) is 5.09. The van der Waals surface area contributed by atoms with E-state index in [9.17, 15) is 4.79 Å². The summed E-state index contributed by atoms with van der Waals surface area (Å²) in [7, 11) is 1.94. The van der Waals surface area contributed by atoms with E-state index in [1.807, 2.05) is 42.5 Å². The second kappa shape index (κ2) is 9.03. The Morgan fingerprint density at radius 3 is 2.77 bits per heavy atom. The zero-order valence-electron chi connectivity index (χ0n) is 15.6. The van der Waals surface area contributed by atoms with Crippen molar-refractivity contribution in [2.75, 3.05) is 33.2 Å². The summed E-state index contributed by atoms with van der Waals surface area (Å²) >= 11 is 7.50. The molecule has 1 atom stereocenters. The fourth-order valence-electron chi connectivity index (χ4n) is 3.68. The van der Waals surface area contributed by atoms with Gasteiger partial charge in [-0.1, -0.05) is 23.7 Å². The van der Waals surface area contributed by atoms with Gasteiger partial charge in [-0.15, -0.1) is 11.3 Å². The quantitative estimate of drug-likeness (QED) is 0.711. The molecule has 1 aromatic heterocycles. The first kappa shape index (κ1) is 19.4. The van der Waals surface area contributed by atoms with Crippen LogP contribution in [0.25, 0.3) is 0 Å². The predicted octanol–water partition coefficient (Wildman–Crippen LogP) is 4.74. The highest BCUT2D eigenvalue weighted by molar-refractivity contribution is 7.12. The lowest BCUT2D eigenvalue weighted by Gasteiger charge is -2.34. The summed E-state index contributed by atoms with van der Waals surface area (Å²) in [4.78, 5) is 18.0. The van der Waals surface area contributed by atoms with Crippen molar-refractivity contribution in [3.8, 4) is 0 Å². The molecule has 5 heteroatoms. The number of aryl methyl sites for hydroxylation is 1. The predicted molar refractivity (Wildman–Crippen MR) is 110 cm³/mol. The largest absolute Gasteiger partial charge is 0.341 e. The molecule has 2 aromatic rings. The number of halogens is 1. The molecule has 1 aromatic carbocycles. The number of likely N-dealkylation sites (tertiary alicyclic amines) is 1. The summed E-state index contributed by atoms with van der Waals surface area (Å²) in [6.45, 7) is 6.16. The number of amides is 1. The highest BCUT2D eigenvalue weighted by Crippen LogP contribution is 2.21. The van der Waals surface area contributed by atoms with E-state index in [2.05, 4.69) is 17.0 Å². The molecule has 0 saturated carbocycles. The maximum atomic E-state index is 12.6. The summed E-state index contributed by atoms with van der Waals surface area (Å²) in [5, 5.41) is 2.79. The van der Waals surface area contributed by atoms with Crippen molar-refractivity contribution in [3.05, 3.63) is 56.7 Å². The summed E-state index contributed by atoms with van der Waals surface area (Å²) < 4.78 is 0. The van der Waals surface area contributed by atoms with Crippen LogP contribution < -0.4 is 0 Å². The van der Waals surface area contributed by atoms with Crippen LogP contribution >= 0.6 is 22.9 Å². The zero-order chi connectivity index (χ0) is 18.5. The van der Waals surface area contributed by atoms with Crippen molar-refractivity contribution in [1.82, 2.24) is 9.80 Å². The highest BCUT2D eigenvalue weighted by Gasteiger charge is 2.24. The molecule has 0 unspecified atom stereocenters. The number of hydrogen-bond donors (Lipinski definition) is 0. The number of rotatable bonds is 6. The van der Waals surface area contributed by atoms with E-state index in [1.54, 1.807) is 11.3 Å². The molecule has 1 aliphatic heterocycles. The van der Waals surface area contributed by atoms with Crippen molar-refractivity contribution >= 4 is 28.8 Å². The van der Waals surface area contributed by atoms with Crippen molar-refractivity contribution in [2.24, 2.45) is 5.92 Å². The number of carbonyl (C=O) groups is 1. The standard InChI is InChI=1S/C21H27ClN2OS/c1-16-10-13-26-20(16)21(25)23(2)14-18-4-3-11-24(15-18)12-9-17-5-7-19(22)8-6-17/h5-8,10,13,18H,3-4,9,11-12,14-15H2,1-2H3/t18-/m0/s1. The first-order valence-corrected chi connectivity index (χ1v) is 10.5. The maximum absolute atomic E-state index is 12.6. The molecule has 26 heavy (non-hydrogen) atoms. The van der Waals surface area contributed by atoms with Gasteiger partial charge in [-0.25, -0.2) is 0 Å². The van der Waals surface area contributed by atoms with Gasteiger partial charge in [-0.2, -0.15) is 0 Å². The highest BCUT2D eigenvalue weighted by atomic mass is 35.5. The lowest BCUT2D eigenvalue weighted by atomic mass is 9.97. The minimum absolute atomic E-state index is 0.163. The van der Waals surface area contributed by atoms with Gasteiger partial charge in [0.15, 0.2) is 0 Å². The minimum Gasteiger partial charge on any atom is -0.341 e. The van der Waals surface area contributed by atoms with Crippen LogP contribution in [0.5, 0.6) is 0 Å². The molecule has 3 nitrogen and oxygen atoms in total. The Morgan fingerprint density at radius 2 is 2.08 bits per heavy atom. The van der Waals surface area contributed by atoms with E-state index in [-0.39, 0.29) is 5.91 Å². The van der Waals surface area contributed by atoms with Crippen molar-refractivity contribution in [1.29, 1.82) is 0 Å². The molecule has 2 heterocycles. The van der Waals surface area contributed by atoms with E-state index >= 15 is 0 Å². The Labute approximate surface area is 165 Å². The van der Waals surface area contributed by atoms with Gasteiger partial charge in [0.2, 0.25) is 0 Å². The second-order valence-corrected chi connectivity index (χ2v) is 8.66. The van der Waals surface area contributed by atoms with Crippen molar-refractivity contribution in [3.63, 3.8) is 0 Å². The fourth-order valence-corrected chi connectivity index (χ4v) is 4.72.